The molecule has 3 N–H and O–H groups in total. The first kappa shape index (κ1) is 15.6. The molecular weight excluding hydrogens is 268 g/mol. The van der Waals surface area contributed by atoms with Crippen LogP contribution < -0.4 is 10.6 Å². The molecule has 0 aliphatic carbocycles. The molecule has 0 saturated carbocycles. The highest BCUT2D eigenvalue weighted by Gasteiger charge is 2.12. The van der Waals surface area contributed by atoms with Crippen molar-refractivity contribution in [3.63, 3.8) is 0 Å². The Morgan fingerprint density at radius 1 is 1.40 bits per heavy atom. The molecule has 0 aromatic carbocycles. The Balaban J connectivity index is 2.43. The number of hydrogen-bond donors (Lipinski definition) is 3. The van der Waals surface area contributed by atoms with Crippen LogP contribution in [-0.2, 0) is 27.8 Å². The van der Waals surface area contributed by atoms with Crippen LogP contribution >= 0.6 is 0 Å². The highest BCUT2D eigenvalue weighted by atomic mass is 16.5. The highest BCUT2D eigenvalue weighted by molar-refractivity contribution is 6.01. The van der Waals surface area contributed by atoms with Crippen LogP contribution in [0.2, 0.25) is 0 Å². The van der Waals surface area contributed by atoms with E-state index in [0.717, 1.165) is 0 Å². The number of carbonyl (C=O) groups excluding carboxylic acids is 2. The molecule has 3 amide bonds. The van der Waals surface area contributed by atoms with Gasteiger partial charge in [0.1, 0.15) is 13.2 Å². The molecule has 1 heterocycles. The second kappa shape index (κ2) is 7.24. The fourth-order valence-corrected chi connectivity index (χ4v) is 1.45. The van der Waals surface area contributed by atoms with Crippen molar-refractivity contribution >= 4 is 23.6 Å². The van der Waals surface area contributed by atoms with Crippen molar-refractivity contribution in [1.29, 1.82) is 0 Å². The van der Waals surface area contributed by atoms with Crippen LogP contribution in [0.3, 0.4) is 0 Å². The van der Waals surface area contributed by atoms with Crippen molar-refractivity contribution in [3.8, 4) is 0 Å². The number of ether oxygens (including phenoxy) is 1. The SMILES string of the molecule is CCc1nn(C)cc1NC(=O)NC(=O)COCC(=O)O. The summed E-state index contributed by atoms with van der Waals surface area (Å²) in [6.45, 7) is 0.779. The van der Waals surface area contributed by atoms with Crippen LogP contribution in [0.4, 0.5) is 10.5 Å². The standard InChI is InChI=1S/C11H16N4O5/c1-3-7-8(4-15(2)14-7)12-11(19)13-9(16)5-20-6-10(17)18/h4H,3,5-6H2,1-2H3,(H,17,18)(H2,12,13,16,19). The zero-order valence-electron chi connectivity index (χ0n) is 11.2. The van der Waals surface area contributed by atoms with E-state index in [9.17, 15) is 14.4 Å². The number of carbonyl (C=O) groups is 3. The first-order chi connectivity index (χ1) is 9.42. The molecule has 0 atom stereocenters. The second-order valence-electron chi connectivity index (χ2n) is 3.91. The number of amides is 3. The van der Waals surface area contributed by atoms with Gasteiger partial charge in [-0.25, -0.2) is 9.59 Å². The maximum Gasteiger partial charge on any atom is 0.329 e. The number of imide groups is 1. The minimum atomic E-state index is -1.19. The molecule has 9 heteroatoms. The predicted molar refractivity (Wildman–Crippen MR) is 68.2 cm³/mol. The van der Waals surface area contributed by atoms with E-state index >= 15 is 0 Å². The number of anilines is 1. The quantitative estimate of drug-likeness (QED) is 0.661. The highest BCUT2D eigenvalue weighted by Crippen LogP contribution is 2.13. The molecule has 1 aromatic heterocycles. The lowest BCUT2D eigenvalue weighted by Gasteiger charge is -2.06. The lowest BCUT2D eigenvalue weighted by Crippen LogP contribution is -2.37. The average Bonchev–Trinajstić information content (AvgIpc) is 2.68. The summed E-state index contributed by atoms with van der Waals surface area (Å²) < 4.78 is 6.10. The summed E-state index contributed by atoms with van der Waals surface area (Å²) >= 11 is 0. The summed E-state index contributed by atoms with van der Waals surface area (Å²) in [4.78, 5) is 33.0. The largest absolute Gasteiger partial charge is 0.480 e. The van der Waals surface area contributed by atoms with Crippen molar-refractivity contribution < 1.29 is 24.2 Å². The zero-order chi connectivity index (χ0) is 15.1. The van der Waals surface area contributed by atoms with Gasteiger partial charge in [-0.2, -0.15) is 5.10 Å². The van der Waals surface area contributed by atoms with Crippen molar-refractivity contribution in [1.82, 2.24) is 15.1 Å². The van der Waals surface area contributed by atoms with E-state index in [1.54, 1.807) is 17.9 Å². The van der Waals surface area contributed by atoms with E-state index < -0.39 is 31.1 Å². The van der Waals surface area contributed by atoms with Gasteiger partial charge >= 0.3 is 12.0 Å². The summed E-state index contributed by atoms with van der Waals surface area (Å²) in [5, 5.41) is 17.0. The third kappa shape index (κ3) is 5.06. The van der Waals surface area contributed by atoms with Crippen LogP contribution in [0, 0.1) is 0 Å². The van der Waals surface area contributed by atoms with Gasteiger partial charge in [0.25, 0.3) is 5.91 Å². The molecule has 0 radical (unpaired) electrons. The molecule has 0 aliphatic rings. The van der Waals surface area contributed by atoms with Crippen LogP contribution in [-0.4, -0.2) is 46.0 Å². The molecule has 0 aliphatic heterocycles. The summed E-state index contributed by atoms with van der Waals surface area (Å²) in [5.41, 5.74) is 1.20. The van der Waals surface area contributed by atoms with Crippen LogP contribution in [0.1, 0.15) is 12.6 Å². The Morgan fingerprint density at radius 2 is 2.10 bits per heavy atom. The molecule has 0 saturated heterocycles. The number of urea groups is 1. The lowest BCUT2D eigenvalue weighted by molar-refractivity contribution is -0.143. The fourth-order valence-electron chi connectivity index (χ4n) is 1.45. The first-order valence-corrected chi connectivity index (χ1v) is 5.85. The third-order valence-electron chi connectivity index (χ3n) is 2.20. The minimum absolute atomic E-state index is 0.506. The maximum absolute atomic E-state index is 11.5. The molecule has 9 nitrogen and oxygen atoms in total. The van der Waals surface area contributed by atoms with E-state index in [-0.39, 0.29) is 0 Å². The third-order valence-corrected chi connectivity index (χ3v) is 2.20. The predicted octanol–water partition coefficient (Wildman–Crippen LogP) is -0.268. The molecule has 0 spiro atoms. The second-order valence-corrected chi connectivity index (χ2v) is 3.91. The van der Waals surface area contributed by atoms with Crippen molar-refractivity contribution in [2.24, 2.45) is 7.05 Å². The van der Waals surface area contributed by atoms with Gasteiger partial charge in [0.05, 0.1) is 11.4 Å². The minimum Gasteiger partial charge on any atom is -0.480 e. The molecule has 110 valence electrons. The van der Waals surface area contributed by atoms with Crippen molar-refractivity contribution in [2.75, 3.05) is 18.5 Å². The molecule has 0 fully saturated rings. The van der Waals surface area contributed by atoms with Gasteiger partial charge in [0.2, 0.25) is 0 Å². The Bertz CT molecular complexity index is 511. The first-order valence-electron chi connectivity index (χ1n) is 5.85. The van der Waals surface area contributed by atoms with E-state index in [2.05, 4.69) is 15.2 Å². The molecule has 20 heavy (non-hydrogen) atoms. The van der Waals surface area contributed by atoms with Crippen LogP contribution in [0.25, 0.3) is 0 Å². The fraction of sp³-hybridized carbons (Fsp3) is 0.455. The van der Waals surface area contributed by atoms with Crippen LogP contribution in [0.5, 0.6) is 0 Å². The van der Waals surface area contributed by atoms with E-state index in [4.69, 9.17) is 5.11 Å². The molecule has 1 aromatic rings. The number of nitrogens with zero attached hydrogens (tertiary/aromatic N) is 2. The van der Waals surface area contributed by atoms with Gasteiger partial charge in [0.15, 0.2) is 0 Å². The topological polar surface area (TPSA) is 123 Å². The number of aromatic nitrogens is 2. The maximum atomic E-state index is 11.5. The number of aryl methyl sites for hydroxylation is 2. The normalized spacial score (nSPS) is 10.1. The number of nitrogens with one attached hydrogen (secondary N) is 2. The van der Waals surface area contributed by atoms with Gasteiger partial charge in [-0.15, -0.1) is 0 Å². The molecule has 0 unspecified atom stereocenters. The van der Waals surface area contributed by atoms with Gasteiger partial charge in [-0.05, 0) is 6.42 Å². The van der Waals surface area contributed by atoms with Gasteiger partial charge < -0.3 is 15.2 Å². The van der Waals surface area contributed by atoms with Gasteiger partial charge in [-0.3, -0.25) is 14.8 Å². The number of carboxylic acid groups (broad SMARTS) is 1. The van der Waals surface area contributed by atoms with Gasteiger partial charge in [-0.1, -0.05) is 6.92 Å². The monoisotopic (exact) mass is 284 g/mol. The Hall–Kier alpha value is -2.42. The molecule has 0 bridgehead atoms. The summed E-state index contributed by atoms with van der Waals surface area (Å²) in [5.74, 6) is -1.92. The van der Waals surface area contributed by atoms with E-state index in [1.165, 1.54) is 0 Å². The number of carboxylic acids is 1. The van der Waals surface area contributed by atoms with Gasteiger partial charge in [0, 0.05) is 13.2 Å². The Kier molecular flexibility index (Phi) is 5.66. The number of aliphatic carboxylic acids is 1. The number of hydrogen-bond acceptors (Lipinski definition) is 5. The Labute approximate surface area is 114 Å². The molecule has 1 rings (SSSR count). The Morgan fingerprint density at radius 3 is 2.70 bits per heavy atom. The zero-order valence-corrected chi connectivity index (χ0v) is 11.2. The van der Waals surface area contributed by atoms with Crippen molar-refractivity contribution in [3.05, 3.63) is 11.9 Å². The average molecular weight is 284 g/mol. The molecular formula is C11H16N4O5. The summed E-state index contributed by atoms with van der Waals surface area (Å²) in [6, 6.07) is -0.725. The smallest absolute Gasteiger partial charge is 0.329 e. The van der Waals surface area contributed by atoms with E-state index in [0.29, 0.717) is 17.8 Å². The lowest BCUT2D eigenvalue weighted by atomic mass is 10.3. The number of rotatable bonds is 6. The van der Waals surface area contributed by atoms with Crippen molar-refractivity contribution in [2.45, 2.75) is 13.3 Å². The summed E-state index contributed by atoms with van der Waals surface area (Å²) in [6.07, 6.45) is 2.25. The van der Waals surface area contributed by atoms with E-state index in [1.807, 2.05) is 12.2 Å². The summed E-state index contributed by atoms with van der Waals surface area (Å²) in [7, 11) is 1.72. The van der Waals surface area contributed by atoms with Crippen LogP contribution in [0.15, 0.2) is 6.20 Å².